The molecule has 0 amide bonds. The second kappa shape index (κ2) is 7.03. The van der Waals surface area contributed by atoms with Crippen LogP contribution in [-0.2, 0) is 14.2 Å². The van der Waals surface area contributed by atoms with E-state index < -0.39 is 0 Å². The van der Waals surface area contributed by atoms with Gasteiger partial charge in [-0.05, 0) is 16.2 Å². The van der Waals surface area contributed by atoms with E-state index in [1.54, 1.807) is 0 Å². The van der Waals surface area contributed by atoms with Gasteiger partial charge in [0.05, 0.1) is 18.1 Å². The molecule has 0 unspecified atom stereocenters. The van der Waals surface area contributed by atoms with E-state index in [0.717, 1.165) is 0 Å². The molecule has 0 aliphatic carbocycles. The summed E-state index contributed by atoms with van der Waals surface area (Å²) < 4.78 is 18.1. The average Bonchev–Trinajstić information content (AvgIpc) is 3.26. The zero-order chi connectivity index (χ0) is 20.9. The first kappa shape index (κ1) is 21.1. The molecule has 3 heterocycles. The zero-order valence-corrected chi connectivity index (χ0v) is 19.0. The van der Waals surface area contributed by atoms with Crippen LogP contribution in [0.1, 0.15) is 62.3 Å². The van der Waals surface area contributed by atoms with Gasteiger partial charge in [-0.1, -0.05) is 62.3 Å². The van der Waals surface area contributed by atoms with E-state index in [0.29, 0.717) is 37.5 Å². The van der Waals surface area contributed by atoms with Crippen LogP contribution in [0.5, 0.6) is 0 Å². The third-order valence-corrected chi connectivity index (χ3v) is 5.76. The Balaban J connectivity index is 1.95. The Hall–Kier alpha value is -1.59. The van der Waals surface area contributed by atoms with Crippen LogP contribution in [0.4, 0.5) is 0 Å². The van der Waals surface area contributed by atoms with Crippen LogP contribution < -0.4 is 0 Å². The van der Waals surface area contributed by atoms with Gasteiger partial charge in [0.25, 0.3) is 0 Å². The topological polar surface area (TPSA) is 64.8 Å². The van der Waals surface area contributed by atoms with Crippen LogP contribution in [0.15, 0.2) is 15.0 Å². The van der Waals surface area contributed by atoms with Crippen molar-refractivity contribution in [1.82, 2.24) is 0 Å². The van der Waals surface area contributed by atoms with Crippen molar-refractivity contribution in [3.05, 3.63) is 0 Å². The number of nitrogens with zero attached hydrogens (tertiary/aromatic N) is 3. The summed E-state index contributed by atoms with van der Waals surface area (Å²) in [5, 5.41) is 0. The molecule has 0 saturated carbocycles. The molecule has 0 aromatic carbocycles. The fourth-order valence-electron chi connectivity index (χ4n) is 3.30. The molecule has 0 aromatic rings. The molecule has 28 heavy (non-hydrogen) atoms. The van der Waals surface area contributed by atoms with Crippen molar-refractivity contribution in [2.45, 2.75) is 80.4 Å². The highest BCUT2D eigenvalue weighted by atomic mass is 16.5. The van der Waals surface area contributed by atoms with Crippen LogP contribution in [0.3, 0.4) is 0 Å². The Morgan fingerprint density at radius 1 is 0.571 bits per heavy atom. The molecule has 0 radical (unpaired) electrons. The minimum absolute atomic E-state index is 0.0326. The Morgan fingerprint density at radius 2 is 0.821 bits per heavy atom. The maximum Gasteiger partial charge on any atom is 0.206 e. The van der Waals surface area contributed by atoms with E-state index >= 15 is 0 Å². The van der Waals surface area contributed by atoms with Crippen LogP contribution in [0.25, 0.3) is 0 Å². The number of rotatable bonds is 3. The van der Waals surface area contributed by atoms with Gasteiger partial charge in [-0.25, -0.2) is 15.0 Å². The predicted octanol–water partition coefficient (Wildman–Crippen LogP) is 4.13. The summed E-state index contributed by atoms with van der Waals surface area (Å²) in [6.07, 6.45) is 0. The zero-order valence-electron chi connectivity index (χ0n) is 19.0. The molecule has 0 bridgehead atoms. The molecule has 158 valence electrons. The molecule has 3 aliphatic heterocycles. The van der Waals surface area contributed by atoms with Gasteiger partial charge in [0.1, 0.15) is 19.8 Å². The standard InChI is InChI=1S/C22H37N3O3/c1-20(2,3)13-10-26-17(23-13)16(18-24-14(11-27-18)21(4,5)6)19-25-15(12-28-19)22(7,8)9/h13-16H,10-12H2,1-9H3/t13-,14-,15-/m1/s1. The summed E-state index contributed by atoms with van der Waals surface area (Å²) in [7, 11) is 0. The van der Waals surface area contributed by atoms with Crippen LogP contribution in [0.2, 0.25) is 0 Å². The van der Waals surface area contributed by atoms with Gasteiger partial charge in [-0.2, -0.15) is 0 Å². The van der Waals surface area contributed by atoms with Gasteiger partial charge in [0, 0.05) is 0 Å². The Morgan fingerprint density at radius 3 is 1.00 bits per heavy atom. The van der Waals surface area contributed by atoms with Gasteiger partial charge in [0.15, 0.2) is 5.92 Å². The van der Waals surface area contributed by atoms with Gasteiger partial charge >= 0.3 is 0 Å². The SMILES string of the molecule is CC(C)(C)[C@H]1COC(C(C2=N[C@@H](C(C)(C)C)CO2)C2=N[C@@H](C(C)(C)C)CO2)=N1. The predicted molar refractivity (Wildman–Crippen MR) is 113 cm³/mol. The normalized spacial score (nSPS) is 28.5. The molecule has 0 aromatic heterocycles. The molecule has 0 saturated heterocycles. The molecule has 0 fully saturated rings. The van der Waals surface area contributed by atoms with Gasteiger partial charge in [0.2, 0.25) is 17.7 Å². The third-order valence-electron chi connectivity index (χ3n) is 5.76. The van der Waals surface area contributed by atoms with Crippen molar-refractivity contribution in [3.63, 3.8) is 0 Å². The summed E-state index contributed by atoms with van der Waals surface area (Å²) >= 11 is 0. The smallest absolute Gasteiger partial charge is 0.206 e. The second-order valence-corrected chi connectivity index (χ2v) is 11.4. The minimum atomic E-state index is -0.382. The summed E-state index contributed by atoms with van der Waals surface area (Å²) in [6, 6.07) is 0.308. The van der Waals surface area contributed by atoms with Crippen LogP contribution in [0, 0.1) is 22.2 Å². The van der Waals surface area contributed by atoms with Crippen molar-refractivity contribution in [1.29, 1.82) is 0 Å². The highest BCUT2D eigenvalue weighted by Crippen LogP contribution is 2.34. The maximum atomic E-state index is 6.05. The molecule has 3 aliphatic rings. The van der Waals surface area contributed by atoms with Crippen LogP contribution >= 0.6 is 0 Å². The molecule has 3 atom stereocenters. The molecule has 6 nitrogen and oxygen atoms in total. The summed E-state index contributed by atoms with van der Waals surface area (Å²) in [5.41, 5.74) is 0.0978. The molecular formula is C22H37N3O3. The van der Waals surface area contributed by atoms with E-state index in [-0.39, 0.29) is 40.3 Å². The number of hydrogen-bond acceptors (Lipinski definition) is 6. The summed E-state index contributed by atoms with van der Waals surface area (Å²) in [4.78, 5) is 14.7. The lowest BCUT2D eigenvalue weighted by Gasteiger charge is -2.22. The highest BCUT2D eigenvalue weighted by molar-refractivity contribution is 6.18. The fourth-order valence-corrected chi connectivity index (χ4v) is 3.30. The lowest BCUT2D eigenvalue weighted by Crippen LogP contribution is -2.33. The molecule has 0 spiro atoms. The van der Waals surface area contributed by atoms with E-state index in [2.05, 4.69) is 62.3 Å². The number of hydrogen-bond donors (Lipinski definition) is 0. The first-order valence-electron chi connectivity index (χ1n) is 10.4. The number of aliphatic imine (C=N–C) groups is 3. The maximum absolute atomic E-state index is 6.05. The Labute approximate surface area is 169 Å². The molecule has 6 heteroatoms. The first-order chi connectivity index (χ1) is 12.8. The highest BCUT2D eigenvalue weighted by Gasteiger charge is 2.45. The lowest BCUT2D eigenvalue weighted by atomic mass is 9.88. The summed E-state index contributed by atoms with van der Waals surface area (Å²) in [5.74, 6) is 1.50. The fraction of sp³-hybridized carbons (Fsp3) is 0.864. The van der Waals surface area contributed by atoms with E-state index in [1.165, 1.54) is 0 Å². The van der Waals surface area contributed by atoms with Gasteiger partial charge < -0.3 is 14.2 Å². The molecule has 0 N–H and O–H groups in total. The molecular weight excluding hydrogens is 354 g/mol. The number of ether oxygens (including phenoxy) is 3. The average molecular weight is 392 g/mol. The summed E-state index contributed by atoms with van der Waals surface area (Å²) in [6.45, 7) is 21.3. The van der Waals surface area contributed by atoms with Crippen molar-refractivity contribution >= 4 is 17.7 Å². The molecule has 3 rings (SSSR count). The van der Waals surface area contributed by atoms with Crippen molar-refractivity contribution in [3.8, 4) is 0 Å². The second-order valence-electron chi connectivity index (χ2n) is 11.4. The van der Waals surface area contributed by atoms with E-state index in [1.807, 2.05) is 0 Å². The van der Waals surface area contributed by atoms with Gasteiger partial charge in [-0.15, -0.1) is 0 Å². The van der Waals surface area contributed by atoms with E-state index in [9.17, 15) is 0 Å². The van der Waals surface area contributed by atoms with Crippen molar-refractivity contribution < 1.29 is 14.2 Å². The first-order valence-corrected chi connectivity index (χ1v) is 10.4. The third kappa shape index (κ3) is 4.36. The largest absolute Gasteiger partial charge is 0.478 e. The van der Waals surface area contributed by atoms with E-state index in [4.69, 9.17) is 29.2 Å². The van der Waals surface area contributed by atoms with Crippen LogP contribution in [-0.4, -0.2) is 55.6 Å². The van der Waals surface area contributed by atoms with Gasteiger partial charge in [-0.3, -0.25) is 0 Å². The monoisotopic (exact) mass is 391 g/mol. The van der Waals surface area contributed by atoms with Crippen molar-refractivity contribution in [2.24, 2.45) is 37.1 Å². The Bertz CT molecular complexity index is 594. The minimum Gasteiger partial charge on any atom is -0.478 e. The quantitative estimate of drug-likeness (QED) is 0.726. The Kier molecular flexibility index (Phi) is 5.30. The van der Waals surface area contributed by atoms with Crippen molar-refractivity contribution in [2.75, 3.05) is 19.8 Å². The lowest BCUT2D eigenvalue weighted by molar-refractivity contribution is 0.218.